The fourth-order valence-electron chi connectivity index (χ4n) is 5.60. The maximum atomic E-state index is 14.4. The van der Waals surface area contributed by atoms with Gasteiger partial charge < -0.3 is 14.4 Å². The molecular formula is C36H31NO3. The summed E-state index contributed by atoms with van der Waals surface area (Å²) in [7, 11) is 3.28. The van der Waals surface area contributed by atoms with Crippen molar-refractivity contribution in [3.63, 3.8) is 0 Å². The van der Waals surface area contributed by atoms with E-state index in [-0.39, 0.29) is 5.91 Å². The first-order valence-corrected chi connectivity index (χ1v) is 13.5. The molecule has 0 bridgehead atoms. The van der Waals surface area contributed by atoms with Gasteiger partial charge in [-0.15, -0.1) is 0 Å². The van der Waals surface area contributed by atoms with E-state index in [0.717, 1.165) is 27.5 Å². The highest BCUT2D eigenvalue weighted by Crippen LogP contribution is 2.31. The number of carbonyl (C=O) groups is 1. The second kappa shape index (κ2) is 11.1. The van der Waals surface area contributed by atoms with E-state index in [2.05, 4.69) is 66.7 Å². The van der Waals surface area contributed by atoms with Crippen LogP contribution in [-0.2, 0) is 13.0 Å². The van der Waals surface area contributed by atoms with E-state index in [9.17, 15) is 4.79 Å². The van der Waals surface area contributed by atoms with Gasteiger partial charge in [0.1, 0.15) is 0 Å². The highest BCUT2D eigenvalue weighted by Gasteiger charge is 2.21. The van der Waals surface area contributed by atoms with E-state index in [1.54, 1.807) is 14.2 Å². The predicted octanol–water partition coefficient (Wildman–Crippen LogP) is 8.05. The van der Waals surface area contributed by atoms with E-state index in [1.165, 1.54) is 21.5 Å². The van der Waals surface area contributed by atoms with Gasteiger partial charge in [-0.25, -0.2) is 0 Å². The molecule has 6 aromatic rings. The monoisotopic (exact) mass is 525 g/mol. The Morgan fingerprint density at radius 2 is 1.23 bits per heavy atom. The molecule has 0 atom stereocenters. The van der Waals surface area contributed by atoms with Crippen molar-refractivity contribution < 1.29 is 14.3 Å². The fourth-order valence-corrected chi connectivity index (χ4v) is 5.60. The standard InChI is InChI=1S/C36H31NO3/c1-39-34-19-18-25(22-35(34)40-2)20-21-37(36(38)32-17-9-13-26-10-3-6-14-29(26)32)24-33-30-15-7-4-11-27(30)23-28-12-5-8-16-31(28)33/h3-19,22-23H,20-21,24H2,1-2H3. The van der Waals surface area contributed by atoms with Crippen LogP contribution in [0.4, 0.5) is 0 Å². The normalized spacial score (nSPS) is 11.2. The molecule has 0 saturated carbocycles. The molecular weight excluding hydrogens is 494 g/mol. The van der Waals surface area contributed by atoms with E-state index >= 15 is 0 Å². The van der Waals surface area contributed by atoms with E-state index in [0.29, 0.717) is 31.0 Å². The first kappa shape index (κ1) is 25.4. The van der Waals surface area contributed by atoms with Gasteiger partial charge in [-0.3, -0.25) is 4.79 Å². The molecule has 0 N–H and O–H groups in total. The number of hydrogen-bond donors (Lipinski definition) is 0. The molecule has 0 heterocycles. The molecule has 6 aromatic carbocycles. The van der Waals surface area contributed by atoms with Crippen molar-refractivity contribution in [3.8, 4) is 11.5 Å². The minimum atomic E-state index is 0.0225. The molecule has 1 amide bonds. The number of carbonyl (C=O) groups excluding carboxylic acids is 1. The molecule has 0 spiro atoms. The minimum Gasteiger partial charge on any atom is -0.493 e. The first-order valence-electron chi connectivity index (χ1n) is 13.5. The molecule has 0 saturated heterocycles. The molecule has 40 heavy (non-hydrogen) atoms. The van der Waals surface area contributed by atoms with Crippen molar-refractivity contribution in [2.24, 2.45) is 0 Å². The second-order valence-electron chi connectivity index (χ2n) is 9.99. The van der Waals surface area contributed by atoms with Crippen LogP contribution < -0.4 is 9.47 Å². The Bertz CT molecular complexity index is 1780. The number of methoxy groups -OCH3 is 2. The lowest BCUT2D eigenvalue weighted by Crippen LogP contribution is -2.33. The van der Waals surface area contributed by atoms with Gasteiger partial charge in [-0.2, -0.15) is 0 Å². The van der Waals surface area contributed by atoms with Crippen molar-refractivity contribution in [2.75, 3.05) is 20.8 Å². The third-order valence-corrected chi connectivity index (χ3v) is 7.66. The largest absolute Gasteiger partial charge is 0.493 e. The summed E-state index contributed by atoms with van der Waals surface area (Å²) in [5, 5.41) is 6.71. The number of hydrogen-bond acceptors (Lipinski definition) is 3. The van der Waals surface area contributed by atoms with Crippen LogP contribution in [-0.4, -0.2) is 31.6 Å². The minimum absolute atomic E-state index is 0.0225. The summed E-state index contributed by atoms with van der Waals surface area (Å²) in [6, 6.07) is 39.1. The zero-order valence-electron chi connectivity index (χ0n) is 22.8. The third kappa shape index (κ3) is 4.85. The zero-order valence-corrected chi connectivity index (χ0v) is 22.8. The lowest BCUT2D eigenvalue weighted by Gasteiger charge is -2.26. The van der Waals surface area contributed by atoms with Crippen LogP contribution in [0.5, 0.6) is 11.5 Å². The fraction of sp³-hybridized carbons (Fsp3) is 0.139. The Labute approximate surface area is 234 Å². The average Bonchev–Trinajstić information content (AvgIpc) is 3.01. The number of benzene rings is 6. The Morgan fingerprint density at radius 1 is 0.625 bits per heavy atom. The Balaban J connectivity index is 1.44. The molecule has 0 radical (unpaired) electrons. The molecule has 0 aliphatic rings. The Kier molecular flexibility index (Phi) is 7.07. The summed E-state index contributed by atoms with van der Waals surface area (Å²) in [5.74, 6) is 1.40. The molecule has 4 nitrogen and oxygen atoms in total. The number of rotatable bonds is 8. The maximum absolute atomic E-state index is 14.4. The molecule has 0 aromatic heterocycles. The van der Waals surface area contributed by atoms with Crippen molar-refractivity contribution in [1.29, 1.82) is 0 Å². The lowest BCUT2D eigenvalue weighted by molar-refractivity contribution is 0.0748. The first-order chi connectivity index (χ1) is 19.7. The van der Waals surface area contributed by atoms with Crippen LogP contribution in [0.2, 0.25) is 0 Å². The number of nitrogens with zero attached hydrogens (tertiary/aromatic N) is 1. The van der Waals surface area contributed by atoms with E-state index in [4.69, 9.17) is 9.47 Å². The van der Waals surface area contributed by atoms with Crippen molar-refractivity contribution >= 4 is 38.2 Å². The van der Waals surface area contributed by atoms with Crippen molar-refractivity contribution in [3.05, 3.63) is 132 Å². The summed E-state index contributed by atoms with van der Waals surface area (Å²) in [6.45, 7) is 1.05. The van der Waals surface area contributed by atoms with Gasteiger partial charge in [-0.05, 0) is 74.1 Å². The molecule has 6 rings (SSSR count). The van der Waals surface area contributed by atoms with Gasteiger partial charge in [0.15, 0.2) is 11.5 Å². The van der Waals surface area contributed by atoms with Crippen LogP contribution >= 0.6 is 0 Å². The van der Waals surface area contributed by atoms with Crippen LogP contribution in [0, 0.1) is 0 Å². The number of amides is 1. The van der Waals surface area contributed by atoms with Gasteiger partial charge >= 0.3 is 0 Å². The molecule has 0 unspecified atom stereocenters. The Morgan fingerprint density at radius 3 is 1.90 bits per heavy atom. The summed E-state index contributed by atoms with van der Waals surface area (Å²) in [5.41, 5.74) is 2.96. The van der Waals surface area contributed by atoms with Gasteiger partial charge in [0.25, 0.3) is 5.91 Å². The molecule has 198 valence electrons. The molecule has 0 aliphatic heterocycles. The second-order valence-corrected chi connectivity index (χ2v) is 9.99. The predicted molar refractivity (Wildman–Crippen MR) is 163 cm³/mol. The number of fused-ring (bicyclic) bond motifs is 3. The van der Waals surface area contributed by atoms with Crippen molar-refractivity contribution in [2.45, 2.75) is 13.0 Å². The van der Waals surface area contributed by atoms with Gasteiger partial charge in [0.2, 0.25) is 0 Å². The van der Waals surface area contributed by atoms with Gasteiger partial charge in [-0.1, -0.05) is 91.0 Å². The molecule has 4 heteroatoms. The van der Waals surface area contributed by atoms with Crippen LogP contribution in [0.3, 0.4) is 0 Å². The average molecular weight is 526 g/mol. The topological polar surface area (TPSA) is 38.8 Å². The summed E-state index contributed by atoms with van der Waals surface area (Å²) in [4.78, 5) is 16.4. The summed E-state index contributed by atoms with van der Waals surface area (Å²) >= 11 is 0. The summed E-state index contributed by atoms with van der Waals surface area (Å²) in [6.07, 6.45) is 0.680. The smallest absolute Gasteiger partial charge is 0.254 e. The third-order valence-electron chi connectivity index (χ3n) is 7.66. The highest BCUT2D eigenvalue weighted by molar-refractivity contribution is 6.08. The maximum Gasteiger partial charge on any atom is 0.254 e. The van der Waals surface area contributed by atoms with Gasteiger partial charge in [0, 0.05) is 18.7 Å². The molecule has 0 fully saturated rings. The summed E-state index contributed by atoms with van der Waals surface area (Å²) < 4.78 is 11.0. The lowest BCUT2D eigenvalue weighted by atomic mass is 9.96. The van der Waals surface area contributed by atoms with E-state index in [1.807, 2.05) is 53.4 Å². The number of ether oxygens (including phenoxy) is 2. The highest BCUT2D eigenvalue weighted by atomic mass is 16.5. The van der Waals surface area contributed by atoms with Crippen molar-refractivity contribution in [1.82, 2.24) is 4.90 Å². The quantitative estimate of drug-likeness (QED) is 0.189. The SMILES string of the molecule is COc1ccc(CCN(Cc2c3ccccc3cc3ccccc23)C(=O)c2cccc3ccccc23)cc1OC. The van der Waals surface area contributed by atoms with Gasteiger partial charge in [0.05, 0.1) is 14.2 Å². The van der Waals surface area contributed by atoms with E-state index < -0.39 is 0 Å². The molecule has 0 aliphatic carbocycles. The van der Waals surface area contributed by atoms with Crippen LogP contribution in [0.1, 0.15) is 21.5 Å². The zero-order chi connectivity index (χ0) is 27.5. The van der Waals surface area contributed by atoms with Crippen LogP contribution in [0.15, 0.2) is 115 Å². The van der Waals surface area contributed by atoms with Crippen LogP contribution in [0.25, 0.3) is 32.3 Å². The Hall–Kier alpha value is -4.83.